The number of hydrogen-bond acceptors (Lipinski definition) is 4. The van der Waals surface area contributed by atoms with Crippen LogP contribution in [0.5, 0.6) is 0 Å². The Kier molecular flexibility index (Phi) is 5.93. The van der Waals surface area contributed by atoms with Crippen LogP contribution in [0.1, 0.15) is 32.5 Å². The van der Waals surface area contributed by atoms with Crippen LogP contribution in [0, 0.1) is 12.7 Å². The first kappa shape index (κ1) is 18.4. The lowest BCUT2D eigenvalue weighted by Crippen LogP contribution is -2.37. The summed E-state index contributed by atoms with van der Waals surface area (Å²) >= 11 is 7.03. The standard InChI is InChI=1S/C16H17ClFN3O2S/c1-8-5-13(24-14(8)16(23)20-9(2)7-19)21-15(22)11-4-3-10(18)6-12(11)17/h3-6,9H,7,19H2,1-2H3,(H,20,23)(H,21,22)/t9-/m0/s1. The van der Waals surface area contributed by atoms with E-state index in [2.05, 4.69) is 10.6 Å². The van der Waals surface area contributed by atoms with Crippen LogP contribution >= 0.6 is 22.9 Å². The number of rotatable bonds is 5. The Morgan fingerprint density at radius 1 is 1.33 bits per heavy atom. The SMILES string of the molecule is Cc1cc(NC(=O)c2ccc(F)cc2Cl)sc1C(=O)N[C@@H](C)CN. The van der Waals surface area contributed by atoms with Gasteiger partial charge in [0, 0.05) is 12.6 Å². The molecule has 0 saturated carbocycles. The smallest absolute Gasteiger partial charge is 0.261 e. The van der Waals surface area contributed by atoms with Crippen molar-refractivity contribution < 1.29 is 14.0 Å². The van der Waals surface area contributed by atoms with Gasteiger partial charge in [0.25, 0.3) is 11.8 Å². The molecule has 0 unspecified atom stereocenters. The Morgan fingerprint density at radius 3 is 2.67 bits per heavy atom. The molecule has 128 valence electrons. The zero-order chi connectivity index (χ0) is 17.9. The van der Waals surface area contributed by atoms with E-state index in [-0.39, 0.29) is 22.5 Å². The molecule has 0 aliphatic rings. The summed E-state index contributed by atoms with van der Waals surface area (Å²) in [5, 5.41) is 5.97. The largest absolute Gasteiger partial charge is 0.348 e. The van der Waals surface area contributed by atoms with Crippen molar-refractivity contribution in [1.29, 1.82) is 0 Å². The van der Waals surface area contributed by atoms with E-state index in [0.717, 1.165) is 29.0 Å². The maximum Gasteiger partial charge on any atom is 0.261 e. The first-order valence-electron chi connectivity index (χ1n) is 7.19. The normalized spacial score (nSPS) is 11.9. The van der Waals surface area contributed by atoms with Crippen molar-refractivity contribution in [3.05, 3.63) is 51.1 Å². The van der Waals surface area contributed by atoms with E-state index in [1.165, 1.54) is 6.07 Å². The van der Waals surface area contributed by atoms with Gasteiger partial charge in [-0.2, -0.15) is 0 Å². The van der Waals surface area contributed by atoms with Crippen molar-refractivity contribution in [1.82, 2.24) is 5.32 Å². The summed E-state index contributed by atoms with van der Waals surface area (Å²) < 4.78 is 13.0. The minimum absolute atomic E-state index is 0.0236. The monoisotopic (exact) mass is 369 g/mol. The Labute approximate surface area is 148 Å². The van der Waals surface area contributed by atoms with Crippen LogP contribution in [0.25, 0.3) is 0 Å². The highest BCUT2D eigenvalue weighted by molar-refractivity contribution is 7.18. The molecule has 2 rings (SSSR count). The van der Waals surface area contributed by atoms with Gasteiger partial charge < -0.3 is 16.4 Å². The van der Waals surface area contributed by atoms with Crippen molar-refractivity contribution in [3.63, 3.8) is 0 Å². The maximum absolute atomic E-state index is 13.0. The van der Waals surface area contributed by atoms with Crippen LogP contribution in [-0.4, -0.2) is 24.4 Å². The van der Waals surface area contributed by atoms with Crippen molar-refractivity contribution >= 4 is 39.8 Å². The number of anilines is 1. The lowest BCUT2D eigenvalue weighted by atomic mass is 10.2. The van der Waals surface area contributed by atoms with Gasteiger partial charge in [0.2, 0.25) is 0 Å². The van der Waals surface area contributed by atoms with E-state index >= 15 is 0 Å². The van der Waals surface area contributed by atoms with E-state index in [1.54, 1.807) is 19.9 Å². The van der Waals surface area contributed by atoms with E-state index < -0.39 is 11.7 Å². The second-order valence-electron chi connectivity index (χ2n) is 5.31. The molecule has 24 heavy (non-hydrogen) atoms. The number of thiophene rings is 1. The number of carbonyl (C=O) groups is 2. The average Bonchev–Trinajstić information content (AvgIpc) is 2.87. The molecule has 0 aliphatic heterocycles. The molecule has 0 aliphatic carbocycles. The fourth-order valence-electron chi connectivity index (χ4n) is 1.97. The molecule has 0 radical (unpaired) electrons. The second-order valence-corrected chi connectivity index (χ2v) is 6.77. The predicted octanol–water partition coefficient (Wildman–Crippen LogP) is 3.18. The maximum atomic E-state index is 13.0. The Balaban J connectivity index is 2.15. The summed E-state index contributed by atoms with van der Waals surface area (Å²) in [6, 6.07) is 5.10. The topological polar surface area (TPSA) is 84.2 Å². The third-order valence-electron chi connectivity index (χ3n) is 3.27. The molecule has 2 amide bonds. The summed E-state index contributed by atoms with van der Waals surface area (Å²) in [4.78, 5) is 24.9. The van der Waals surface area contributed by atoms with Crippen LogP contribution in [0.3, 0.4) is 0 Å². The van der Waals surface area contributed by atoms with Crippen molar-refractivity contribution in [3.8, 4) is 0 Å². The fourth-order valence-corrected chi connectivity index (χ4v) is 3.19. The number of aryl methyl sites for hydroxylation is 1. The van der Waals surface area contributed by atoms with Crippen LogP contribution in [0.2, 0.25) is 5.02 Å². The van der Waals surface area contributed by atoms with E-state index in [0.29, 0.717) is 16.4 Å². The van der Waals surface area contributed by atoms with Gasteiger partial charge in [-0.25, -0.2) is 4.39 Å². The number of benzene rings is 1. The molecule has 0 bridgehead atoms. The van der Waals surface area contributed by atoms with Gasteiger partial charge in [0.05, 0.1) is 20.5 Å². The van der Waals surface area contributed by atoms with Gasteiger partial charge in [0.15, 0.2) is 0 Å². The molecule has 0 spiro atoms. The first-order valence-corrected chi connectivity index (χ1v) is 8.39. The van der Waals surface area contributed by atoms with Crippen molar-refractivity contribution in [2.75, 3.05) is 11.9 Å². The number of nitrogens with two attached hydrogens (primary N) is 1. The second kappa shape index (κ2) is 7.74. The molecule has 0 fully saturated rings. The molecule has 1 aromatic carbocycles. The van der Waals surface area contributed by atoms with Crippen molar-refractivity contribution in [2.45, 2.75) is 19.9 Å². The van der Waals surface area contributed by atoms with E-state index in [1.807, 2.05) is 0 Å². The van der Waals surface area contributed by atoms with E-state index in [4.69, 9.17) is 17.3 Å². The summed E-state index contributed by atoms with van der Waals surface area (Å²) in [5.74, 6) is -1.23. The van der Waals surface area contributed by atoms with Gasteiger partial charge in [-0.15, -0.1) is 11.3 Å². The molecule has 1 heterocycles. The zero-order valence-electron chi connectivity index (χ0n) is 13.2. The zero-order valence-corrected chi connectivity index (χ0v) is 14.7. The molecule has 0 saturated heterocycles. The molecule has 2 aromatic rings. The number of amides is 2. The molecule has 1 aromatic heterocycles. The Bertz CT molecular complexity index is 779. The van der Waals surface area contributed by atoms with Crippen LogP contribution in [0.4, 0.5) is 9.39 Å². The number of carbonyl (C=O) groups excluding carboxylic acids is 2. The van der Waals surface area contributed by atoms with E-state index in [9.17, 15) is 14.0 Å². The summed E-state index contributed by atoms with van der Waals surface area (Å²) in [6.45, 7) is 3.92. The molecule has 8 heteroatoms. The van der Waals surface area contributed by atoms with Crippen LogP contribution in [0.15, 0.2) is 24.3 Å². The van der Waals surface area contributed by atoms with Crippen molar-refractivity contribution in [2.24, 2.45) is 5.73 Å². The fraction of sp³-hybridized carbons (Fsp3) is 0.250. The van der Waals surface area contributed by atoms with Gasteiger partial charge in [0.1, 0.15) is 5.82 Å². The number of nitrogens with one attached hydrogen (secondary N) is 2. The Morgan fingerprint density at radius 2 is 2.04 bits per heavy atom. The quantitative estimate of drug-likeness (QED) is 0.756. The third-order valence-corrected chi connectivity index (χ3v) is 4.73. The van der Waals surface area contributed by atoms with Gasteiger partial charge >= 0.3 is 0 Å². The molecular formula is C16H17ClFN3O2S. The highest BCUT2D eigenvalue weighted by atomic mass is 35.5. The van der Waals surface area contributed by atoms with Crippen LogP contribution < -0.4 is 16.4 Å². The predicted molar refractivity (Wildman–Crippen MR) is 94.4 cm³/mol. The highest BCUT2D eigenvalue weighted by Crippen LogP contribution is 2.28. The van der Waals surface area contributed by atoms with Gasteiger partial charge in [-0.1, -0.05) is 11.6 Å². The Hall–Kier alpha value is -1.96. The molecule has 1 atom stereocenters. The van der Waals surface area contributed by atoms with Crippen LogP contribution in [-0.2, 0) is 0 Å². The number of hydrogen-bond donors (Lipinski definition) is 3. The first-order chi connectivity index (χ1) is 11.3. The summed E-state index contributed by atoms with van der Waals surface area (Å²) in [7, 11) is 0. The third kappa shape index (κ3) is 4.31. The molecular weight excluding hydrogens is 353 g/mol. The number of halogens is 2. The van der Waals surface area contributed by atoms with Gasteiger partial charge in [-0.05, 0) is 43.7 Å². The summed E-state index contributed by atoms with van der Waals surface area (Å²) in [5.41, 5.74) is 6.39. The van der Waals surface area contributed by atoms with Gasteiger partial charge in [-0.3, -0.25) is 9.59 Å². The average molecular weight is 370 g/mol. The lowest BCUT2D eigenvalue weighted by Gasteiger charge is -2.10. The minimum Gasteiger partial charge on any atom is -0.348 e. The molecule has 4 N–H and O–H groups in total. The highest BCUT2D eigenvalue weighted by Gasteiger charge is 2.18. The minimum atomic E-state index is -0.517. The summed E-state index contributed by atoms with van der Waals surface area (Å²) in [6.07, 6.45) is 0. The molecule has 5 nitrogen and oxygen atoms in total. The lowest BCUT2D eigenvalue weighted by molar-refractivity contribution is 0.0944.